The summed E-state index contributed by atoms with van der Waals surface area (Å²) in [6.45, 7) is 0. The van der Waals surface area contributed by atoms with E-state index in [1.165, 1.54) is 35.1 Å². The zero-order valence-corrected chi connectivity index (χ0v) is 8.20. The van der Waals surface area contributed by atoms with Crippen molar-refractivity contribution in [3.05, 3.63) is 41.2 Å². The first-order chi connectivity index (χ1) is 7.16. The van der Waals surface area contributed by atoms with E-state index in [2.05, 4.69) is 10.3 Å². The average Bonchev–Trinajstić information content (AvgIpc) is 2.65. The van der Waals surface area contributed by atoms with Crippen LogP contribution in [0, 0.1) is 0 Å². The molecular formula is C9H6ClF2N3. The topological polar surface area (TPSA) is 30.7 Å². The third-order valence-electron chi connectivity index (χ3n) is 1.88. The van der Waals surface area contributed by atoms with Gasteiger partial charge in [0.1, 0.15) is 0 Å². The van der Waals surface area contributed by atoms with Gasteiger partial charge in [-0.15, -0.1) is 5.10 Å². The lowest BCUT2D eigenvalue weighted by Gasteiger charge is -2.02. The maximum Gasteiger partial charge on any atom is 0.263 e. The Morgan fingerprint density at radius 2 is 1.87 bits per heavy atom. The molecule has 78 valence electrons. The molecule has 1 aromatic carbocycles. The highest BCUT2D eigenvalue weighted by Gasteiger charge is 2.06. The summed E-state index contributed by atoms with van der Waals surface area (Å²) in [4.78, 5) is 0. The molecule has 0 bridgehead atoms. The SMILES string of the molecule is FC(F)c1ccc(-n2cc(Cl)nn2)cc1. The number of benzene rings is 1. The van der Waals surface area contributed by atoms with Crippen molar-refractivity contribution in [1.82, 2.24) is 15.0 Å². The summed E-state index contributed by atoms with van der Waals surface area (Å²) < 4.78 is 25.9. The van der Waals surface area contributed by atoms with Crippen molar-refractivity contribution >= 4 is 11.6 Å². The first kappa shape index (κ1) is 10.0. The van der Waals surface area contributed by atoms with Crippen molar-refractivity contribution in [1.29, 1.82) is 0 Å². The van der Waals surface area contributed by atoms with Crippen LogP contribution >= 0.6 is 11.6 Å². The smallest absolute Gasteiger partial charge is 0.219 e. The van der Waals surface area contributed by atoms with Crippen LogP contribution in [0.3, 0.4) is 0 Å². The first-order valence-electron chi connectivity index (χ1n) is 4.13. The zero-order valence-electron chi connectivity index (χ0n) is 7.44. The van der Waals surface area contributed by atoms with E-state index in [9.17, 15) is 8.78 Å². The van der Waals surface area contributed by atoms with Crippen molar-refractivity contribution < 1.29 is 8.78 Å². The monoisotopic (exact) mass is 229 g/mol. The van der Waals surface area contributed by atoms with Crippen molar-refractivity contribution in [2.45, 2.75) is 6.43 Å². The molecule has 0 saturated heterocycles. The Hall–Kier alpha value is -1.49. The summed E-state index contributed by atoms with van der Waals surface area (Å²) in [6, 6.07) is 5.75. The molecule has 1 heterocycles. The van der Waals surface area contributed by atoms with E-state index in [-0.39, 0.29) is 10.7 Å². The highest BCUT2D eigenvalue weighted by Crippen LogP contribution is 2.19. The molecule has 3 nitrogen and oxygen atoms in total. The number of hydrogen-bond acceptors (Lipinski definition) is 2. The fourth-order valence-electron chi connectivity index (χ4n) is 1.14. The number of rotatable bonds is 2. The standard InChI is InChI=1S/C9H6ClF2N3/c10-8-5-15(14-13-8)7-3-1-6(2-4-7)9(11)12/h1-5,9H. The maximum absolute atomic E-state index is 12.2. The lowest BCUT2D eigenvalue weighted by Crippen LogP contribution is -1.95. The fourth-order valence-corrected chi connectivity index (χ4v) is 1.27. The van der Waals surface area contributed by atoms with Crippen LogP contribution in [0.25, 0.3) is 5.69 Å². The van der Waals surface area contributed by atoms with Crippen LogP contribution in [-0.4, -0.2) is 15.0 Å². The van der Waals surface area contributed by atoms with Gasteiger partial charge in [0.25, 0.3) is 6.43 Å². The Morgan fingerprint density at radius 1 is 1.20 bits per heavy atom. The molecule has 0 spiro atoms. The number of hydrogen-bond donors (Lipinski definition) is 0. The fraction of sp³-hybridized carbons (Fsp3) is 0.111. The normalized spacial score (nSPS) is 10.9. The molecule has 0 unspecified atom stereocenters. The van der Waals surface area contributed by atoms with Gasteiger partial charge in [0.15, 0.2) is 5.15 Å². The van der Waals surface area contributed by atoms with Crippen molar-refractivity contribution in [3.8, 4) is 5.69 Å². The van der Waals surface area contributed by atoms with Gasteiger partial charge >= 0.3 is 0 Å². The van der Waals surface area contributed by atoms with Crippen LogP contribution in [0.2, 0.25) is 5.15 Å². The first-order valence-corrected chi connectivity index (χ1v) is 4.51. The van der Waals surface area contributed by atoms with E-state index >= 15 is 0 Å². The molecule has 0 aliphatic rings. The molecule has 0 fully saturated rings. The van der Waals surface area contributed by atoms with Crippen LogP contribution in [0.1, 0.15) is 12.0 Å². The Kier molecular flexibility index (Phi) is 2.64. The van der Waals surface area contributed by atoms with Gasteiger partial charge in [0.2, 0.25) is 0 Å². The Morgan fingerprint density at radius 3 is 2.33 bits per heavy atom. The second-order valence-corrected chi connectivity index (χ2v) is 3.27. The summed E-state index contributed by atoms with van der Waals surface area (Å²) in [5.41, 5.74) is 0.615. The van der Waals surface area contributed by atoms with Gasteiger partial charge in [-0.1, -0.05) is 28.9 Å². The van der Waals surface area contributed by atoms with E-state index in [4.69, 9.17) is 11.6 Å². The molecule has 0 atom stereocenters. The van der Waals surface area contributed by atoms with Gasteiger partial charge in [0.05, 0.1) is 11.9 Å². The quantitative estimate of drug-likeness (QED) is 0.793. The zero-order chi connectivity index (χ0) is 10.8. The Balaban J connectivity index is 2.31. The largest absolute Gasteiger partial charge is 0.263 e. The second-order valence-electron chi connectivity index (χ2n) is 2.88. The van der Waals surface area contributed by atoms with Gasteiger partial charge in [-0.2, -0.15) is 0 Å². The van der Waals surface area contributed by atoms with Crippen molar-refractivity contribution in [2.75, 3.05) is 0 Å². The highest BCUT2D eigenvalue weighted by molar-refractivity contribution is 6.29. The molecule has 0 N–H and O–H groups in total. The van der Waals surface area contributed by atoms with E-state index in [1.807, 2.05) is 0 Å². The van der Waals surface area contributed by atoms with Crippen molar-refractivity contribution in [2.24, 2.45) is 0 Å². The minimum absolute atomic E-state index is 0.0232. The summed E-state index contributed by atoms with van der Waals surface area (Å²) in [7, 11) is 0. The number of aromatic nitrogens is 3. The summed E-state index contributed by atoms with van der Waals surface area (Å²) in [5, 5.41) is 7.55. The van der Waals surface area contributed by atoms with E-state index in [0.29, 0.717) is 5.69 Å². The average molecular weight is 230 g/mol. The van der Waals surface area contributed by atoms with Gasteiger partial charge in [-0.3, -0.25) is 0 Å². The summed E-state index contributed by atoms with van der Waals surface area (Å²) >= 11 is 5.58. The van der Waals surface area contributed by atoms with Crippen molar-refractivity contribution in [3.63, 3.8) is 0 Å². The predicted molar refractivity (Wildman–Crippen MR) is 51.3 cm³/mol. The molecule has 0 amide bonds. The molecule has 0 saturated carbocycles. The van der Waals surface area contributed by atoms with Crippen LogP contribution < -0.4 is 0 Å². The molecule has 6 heteroatoms. The molecule has 2 aromatic rings. The number of nitrogens with zero attached hydrogens (tertiary/aromatic N) is 3. The van der Waals surface area contributed by atoms with Crippen LogP contribution in [0.15, 0.2) is 30.5 Å². The maximum atomic E-state index is 12.2. The lowest BCUT2D eigenvalue weighted by molar-refractivity contribution is 0.151. The molecule has 2 rings (SSSR count). The van der Waals surface area contributed by atoms with Crippen LogP contribution in [0.5, 0.6) is 0 Å². The van der Waals surface area contributed by atoms with Gasteiger partial charge in [-0.05, 0) is 12.1 Å². The van der Waals surface area contributed by atoms with Gasteiger partial charge in [-0.25, -0.2) is 13.5 Å². The molecular weight excluding hydrogens is 224 g/mol. The van der Waals surface area contributed by atoms with E-state index < -0.39 is 6.43 Å². The minimum Gasteiger partial charge on any atom is -0.219 e. The third kappa shape index (κ3) is 2.12. The third-order valence-corrected chi connectivity index (χ3v) is 2.05. The Bertz CT molecular complexity index is 453. The summed E-state index contributed by atoms with van der Waals surface area (Å²) in [5.74, 6) is 0. The predicted octanol–water partition coefficient (Wildman–Crippen LogP) is 2.86. The number of alkyl halides is 2. The molecule has 0 aliphatic heterocycles. The van der Waals surface area contributed by atoms with Crippen LogP contribution in [-0.2, 0) is 0 Å². The lowest BCUT2D eigenvalue weighted by atomic mass is 10.2. The van der Waals surface area contributed by atoms with Gasteiger partial charge in [0, 0.05) is 5.56 Å². The van der Waals surface area contributed by atoms with Gasteiger partial charge < -0.3 is 0 Å². The van der Waals surface area contributed by atoms with E-state index in [0.717, 1.165) is 0 Å². The number of halogens is 3. The molecule has 15 heavy (non-hydrogen) atoms. The second kappa shape index (κ2) is 3.94. The van der Waals surface area contributed by atoms with E-state index in [1.54, 1.807) is 0 Å². The minimum atomic E-state index is -2.46. The summed E-state index contributed by atoms with van der Waals surface area (Å²) in [6.07, 6.45) is -0.961. The Labute approximate surface area is 89.3 Å². The van der Waals surface area contributed by atoms with Crippen LogP contribution in [0.4, 0.5) is 8.78 Å². The highest BCUT2D eigenvalue weighted by atomic mass is 35.5. The molecule has 0 aliphatic carbocycles. The molecule has 1 aromatic heterocycles. The molecule has 0 radical (unpaired) electrons.